The Labute approximate surface area is 84.1 Å². The number of hydrogen-bond acceptors (Lipinski definition) is 2. The normalized spacial score (nSPS) is 15.2. The van der Waals surface area contributed by atoms with Crippen LogP contribution < -0.4 is 0 Å². The number of aliphatic hydroxyl groups is 1. The molecule has 3 heteroatoms. The molecule has 0 saturated carbocycles. The molecule has 0 bridgehead atoms. The fourth-order valence-corrected chi connectivity index (χ4v) is 1.47. The van der Waals surface area contributed by atoms with E-state index in [1.807, 2.05) is 14.0 Å². The molecule has 0 aromatic rings. The van der Waals surface area contributed by atoms with E-state index in [9.17, 15) is 0 Å². The molecular weight excluding hydrogens is 218 g/mol. The summed E-state index contributed by atoms with van der Waals surface area (Å²) in [6, 6.07) is 0. The molecule has 0 radical (unpaired) electrons. The van der Waals surface area contributed by atoms with Crippen molar-refractivity contribution in [1.82, 2.24) is 4.90 Å². The fourth-order valence-electron chi connectivity index (χ4n) is 1.29. The lowest BCUT2D eigenvalue weighted by molar-refractivity contribution is 0.122. The molecule has 0 amide bonds. The molecule has 0 aromatic heterocycles. The first-order valence-corrected chi connectivity index (χ1v) is 5.42. The van der Waals surface area contributed by atoms with Crippen molar-refractivity contribution in [3.05, 3.63) is 0 Å². The average Bonchev–Trinajstić information content (AvgIpc) is 1.84. The second kappa shape index (κ2) is 5.20. The van der Waals surface area contributed by atoms with Crippen LogP contribution in [0.1, 0.15) is 20.8 Å². The summed E-state index contributed by atoms with van der Waals surface area (Å²) in [6.45, 7) is 7.98. The Morgan fingerprint density at radius 2 is 2.00 bits per heavy atom. The van der Waals surface area contributed by atoms with Crippen LogP contribution in [0.25, 0.3) is 0 Å². The topological polar surface area (TPSA) is 23.5 Å². The highest BCUT2D eigenvalue weighted by Gasteiger charge is 2.18. The van der Waals surface area contributed by atoms with Gasteiger partial charge in [0.05, 0.1) is 6.10 Å². The number of hydrogen-bond donors (Lipinski definition) is 1. The molecule has 12 heavy (non-hydrogen) atoms. The van der Waals surface area contributed by atoms with E-state index in [1.54, 1.807) is 0 Å². The molecule has 1 unspecified atom stereocenters. The first-order valence-electron chi connectivity index (χ1n) is 4.30. The van der Waals surface area contributed by atoms with Crippen LogP contribution in [0.15, 0.2) is 0 Å². The first kappa shape index (κ1) is 12.4. The van der Waals surface area contributed by atoms with Gasteiger partial charge in [0, 0.05) is 18.4 Å². The van der Waals surface area contributed by atoms with Crippen molar-refractivity contribution in [3.63, 3.8) is 0 Å². The summed E-state index contributed by atoms with van der Waals surface area (Å²) >= 11 is 3.48. The van der Waals surface area contributed by atoms with Gasteiger partial charge in [-0.2, -0.15) is 0 Å². The van der Waals surface area contributed by atoms with Crippen LogP contribution in [0.4, 0.5) is 0 Å². The van der Waals surface area contributed by atoms with Crippen molar-refractivity contribution < 1.29 is 5.11 Å². The zero-order chi connectivity index (χ0) is 9.78. The summed E-state index contributed by atoms with van der Waals surface area (Å²) in [5.74, 6) is 0. The van der Waals surface area contributed by atoms with Crippen molar-refractivity contribution in [3.8, 4) is 0 Å². The SMILES string of the molecule is CC(O)CN(C)CC(C)(C)CBr. The quantitative estimate of drug-likeness (QED) is 0.737. The van der Waals surface area contributed by atoms with E-state index in [2.05, 4.69) is 34.7 Å². The van der Waals surface area contributed by atoms with Gasteiger partial charge in [-0.3, -0.25) is 0 Å². The van der Waals surface area contributed by atoms with Gasteiger partial charge in [-0.15, -0.1) is 0 Å². The summed E-state index contributed by atoms with van der Waals surface area (Å²) in [6.07, 6.45) is -0.235. The third-order valence-corrected chi connectivity index (χ3v) is 3.15. The summed E-state index contributed by atoms with van der Waals surface area (Å²) in [4.78, 5) is 2.16. The van der Waals surface area contributed by atoms with E-state index in [4.69, 9.17) is 5.11 Å². The van der Waals surface area contributed by atoms with E-state index in [0.717, 1.165) is 18.4 Å². The molecule has 0 heterocycles. The number of aliphatic hydroxyl groups excluding tert-OH is 1. The van der Waals surface area contributed by atoms with Gasteiger partial charge in [-0.25, -0.2) is 0 Å². The molecule has 0 rings (SSSR count). The number of rotatable bonds is 5. The van der Waals surface area contributed by atoms with Gasteiger partial charge in [0.15, 0.2) is 0 Å². The maximum absolute atomic E-state index is 9.14. The standard InChI is InChI=1S/C9H20BrNO/c1-8(12)5-11(4)7-9(2,3)6-10/h8,12H,5-7H2,1-4H3. The predicted octanol–water partition coefficient (Wildman–Crippen LogP) is 1.72. The Hall–Kier alpha value is 0.400. The van der Waals surface area contributed by atoms with Gasteiger partial charge >= 0.3 is 0 Å². The van der Waals surface area contributed by atoms with E-state index in [0.29, 0.717) is 0 Å². The van der Waals surface area contributed by atoms with Gasteiger partial charge in [0.25, 0.3) is 0 Å². The van der Waals surface area contributed by atoms with Crippen LogP contribution in [-0.4, -0.2) is 41.6 Å². The second-order valence-corrected chi connectivity index (χ2v) is 4.90. The van der Waals surface area contributed by atoms with Gasteiger partial charge in [-0.05, 0) is 19.4 Å². The van der Waals surface area contributed by atoms with Crippen molar-refractivity contribution >= 4 is 15.9 Å². The molecule has 1 N–H and O–H groups in total. The van der Waals surface area contributed by atoms with E-state index in [1.165, 1.54) is 0 Å². The van der Waals surface area contributed by atoms with E-state index >= 15 is 0 Å². The summed E-state index contributed by atoms with van der Waals surface area (Å²) < 4.78 is 0. The number of halogens is 1. The molecule has 0 aliphatic heterocycles. The lowest BCUT2D eigenvalue weighted by atomic mass is 9.96. The molecule has 0 fully saturated rings. The number of alkyl halides is 1. The number of nitrogens with zero attached hydrogens (tertiary/aromatic N) is 1. The monoisotopic (exact) mass is 237 g/mol. The van der Waals surface area contributed by atoms with Gasteiger partial charge < -0.3 is 10.0 Å². The average molecular weight is 238 g/mol. The molecule has 0 aliphatic rings. The van der Waals surface area contributed by atoms with Gasteiger partial charge in [0.1, 0.15) is 0 Å². The van der Waals surface area contributed by atoms with E-state index in [-0.39, 0.29) is 11.5 Å². The summed E-state index contributed by atoms with van der Waals surface area (Å²) in [5, 5.41) is 10.1. The zero-order valence-corrected chi connectivity index (χ0v) is 10.1. The second-order valence-electron chi connectivity index (χ2n) is 4.34. The smallest absolute Gasteiger partial charge is 0.0638 e. The molecular formula is C9H20BrNO. The van der Waals surface area contributed by atoms with Crippen molar-refractivity contribution in [2.45, 2.75) is 26.9 Å². The highest BCUT2D eigenvalue weighted by molar-refractivity contribution is 9.09. The minimum Gasteiger partial charge on any atom is -0.392 e. The van der Waals surface area contributed by atoms with Crippen molar-refractivity contribution in [1.29, 1.82) is 0 Å². The maximum atomic E-state index is 9.14. The number of likely N-dealkylation sites (N-methyl/N-ethyl adjacent to an activating group) is 1. The Bertz CT molecular complexity index is 126. The molecule has 1 atom stereocenters. The van der Waals surface area contributed by atoms with Crippen LogP contribution in [0, 0.1) is 5.41 Å². The van der Waals surface area contributed by atoms with Crippen LogP contribution >= 0.6 is 15.9 Å². The minimum atomic E-state index is -0.235. The molecule has 0 aromatic carbocycles. The zero-order valence-electron chi connectivity index (χ0n) is 8.47. The molecule has 0 saturated heterocycles. The Morgan fingerprint density at radius 3 is 2.33 bits per heavy atom. The third-order valence-electron chi connectivity index (χ3n) is 1.64. The summed E-state index contributed by atoms with van der Waals surface area (Å²) in [7, 11) is 2.04. The molecule has 2 nitrogen and oxygen atoms in total. The maximum Gasteiger partial charge on any atom is 0.0638 e. The van der Waals surface area contributed by atoms with Gasteiger partial charge in [-0.1, -0.05) is 29.8 Å². The summed E-state index contributed by atoms with van der Waals surface area (Å²) in [5.41, 5.74) is 0.281. The van der Waals surface area contributed by atoms with E-state index < -0.39 is 0 Å². The van der Waals surface area contributed by atoms with Crippen LogP contribution in [-0.2, 0) is 0 Å². The highest BCUT2D eigenvalue weighted by Crippen LogP contribution is 2.18. The lowest BCUT2D eigenvalue weighted by Crippen LogP contribution is -2.36. The largest absolute Gasteiger partial charge is 0.392 e. The van der Waals surface area contributed by atoms with Crippen LogP contribution in [0.2, 0.25) is 0 Å². The molecule has 0 aliphatic carbocycles. The molecule has 0 spiro atoms. The Morgan fingerprint density at radius 1 is 1.50 bits per heavy atom. The molecule has 74 valence electrons. The third kappa shape index (κ3) is 5.98. The highest BCUT2D eigenvalue weighted by atomic mass is 79.9. The minimum absolute atomic E-state index is 0.235. The Kier molecular flexibility index (Phi) is 5.37. The lowest BCUT2D eigenvalue weighted by Gasteiger charge is -2.29. The Balaban J connectivity index is 3.75. The van der Waals surface area contributed by atoms with Crippen LogP contribution in [0.3, 0.4) is 0 Å². The van der Waals surface area contributed by atoms with Crippen molar-refractivity contribution in [2.24, 2.45) is 5.41 Å². The van der Waals surface area contributed by atoms with Gasteiger partial charge in [0.2, 0.25) is 0 Å². The van der Waals surface area contributed by atoms with Crippen LogP contribution in [0.5, 0.6) is 0 Å². The van der Waals surface area contributed by atoms with Crippen molar-refractivity contribution in [2.75, 3.05) is 25.5 Å². The predicted molar refractivity (Wildman–Crippen MR) is 56.8 cm³/mol. The first-order chi connectivity index (χ1) is 5.37. The fraction of sp³-hybridized carbons (Fsp3) is 1.00.